The molecule has 1 aromatic carbocycles. The van der Waals surface area contributed by atoms with Gasteiger partial charge in [0.05, 0.1) is 10.1 Å². The maximum atomic E-state index is 12.1. The third kappa shape index (κ3) is 4.68. The Morgan fingerprint density at radius 1 is 1.14 bits per heavy atom. The van der Waals surface area contributed by atoms with Crippen LogP contribution in [0.1, 0.15) is 41.3 Å². The maximum absolute atomic E-state index is 12.1. The number of esters is 1. The molecule has 0 aromatic heterocycles. The van der Waals surface area contributed by atoms with E-state index in [-0.39, 0.29) is 11.9 Å². The molecule has 1 fully saturated rings. The van der Waals surface area contributed by atoms with Gasteiger partial charge in [0.2, 0.25) is 0 Å². The largest absolute Gasteiger partial charge is 0.449 e. The van der Waals surface area contributed by atoms with E-state index in [0.717, 1.165) is 0 Å². The van der Waals surface area contributed by atoms with E-state index in [9.17, 15) is 9.59 Å². The van der Waals surface area contributed by atoms with Gasteiger partial charge in [-0.25, -0.2) is 4.79 Å². The molecule has 120 valence electrons. The Morgan fingerprint density at radius 3 is 2.27 bits per heavy atom. The first-order valence-corrected chi connectivity index (χ1v) is 9.41. The second kappa shape index (κ2) is 7.92. The van der Waals surface area contributed by atoms with Crippen molar-refractivity contribution in [2.24, 2.45) is 0 Å². The normalized spacial score (nSPS) is 16.5. The highest BCUT2D eigenvalue weighted by molar-refractivity contribution is 8.19. The van der Waals surface area contributed by atoms with Crippen molar-refractivity contribution in [1.29, 1.82) is 0 Å². The highest BCUT2D eigenvalue weighted by Gasteiger charge is 2.21. The van der Waals surface area contributed by atoms with E-state index in [2.05, 4.69) is 5.32 Å². The van der Waals surface area contributed by atoms with E-state index >= 15 is 0 Å². The molecule has 1 heterocycles. The Hall–Kier alpha value is -1.14. The summed E-state index contributed by atoms with van der Waals surface area (Å²) in [5.74, 6) is 1.59. The fourth-order valence-corrected chi connectivity index (χ4v) is 4.87. The van der Waals surface area contributed by atoms with Crippen molar-refractivity contribution in [2.45, 2.75) is 37.5 Å². The van der Waals surface area contributed by atoms with Gasteiger partial charge in [-0.1, -0.05) is 12.1 Å². The number of thioether (sulfide) groups is 2. The van der Waals surface area contributed by atoms with Gasteiger partial charge < -0.3 is 10.1 Å². The summed E-state index contributed by atoms with van der Waals surface area (Å²) in [6.07, 6.45) is -0.796. The van der Waals surface area contributed by atoms with Gasteiger partial charge in [-0.3, -0.25) is 4.79 Å². The van der Waals surface area contributed by atoms with Gasteiger partial charge in [0.1, 0.15) is 0 Å². The number of carbonyl (C=O) groups excluding carboxylic acids is 2. The Balaban J connectivity index is 1.93. The van der Waals surface area contributed by atoms with Crippen LogP contribution in [0.3, 0.4) is 0 Å². The quantitative estimate of drug-likeness (QED) is 0.835. The van der Waals surface area contributed by atoms with Gasteiger partial charge in [-0.2, -0.15) is 0 Å². The van der Waals surface area contributed by atoms with Crippen LogP contribution in [0.15, 0.2) is 24.3 Å². The molecule has 0 radical (unpaired) electrons. The van der Waals surface area contributed by atoms with Gasteiger partial charge in [0.15, 0.2) is 6.10 Å². The first-order valence-electron chi connectivity index (χ1n) is 7.32. The monoisotopic (exact) mass is 339 g/mol. The zero-order chi connectivity index (χ0) is 16.1. The minimum absolute atomic E-state index is 0.0225. The van der Waals surface area contributed by atoms with E-state index in [1.807, 2.05) is 49.5 Å². The minimum atomic E-state index is -0.796. The lowest BCUT2D eigenvalue weighted by Gasteiger charge is -2.15. The van der Waals surface area contributed by atoms with Gasteiger partial charge in [0.25, 0.3) is 5.91 Å². The first kappa shape index (κ1) is 17.2. The van der Waals surface area contributed by atoms with Crippen molar-refractivity contribution in [2.75, 3.05) is 11.5 Å². The van der Waals surface area contributed by atoms with Gasteiger partial charge in [0, 0.05) is 17.5 Å². The molecular formula is C16H21NO3S2. The van der Waals surface area contributed by atoms with E-state index in [4.69, 9.17) is 4.74 Å². The Labute approximate surface area is 139 Å². The molecule has 4 nitrogen and oxygen atoms in total. The average Bonchev–Trinajstić information content (AvgIpc) is 3.00. The molecule has 6 heteroatoms. The molecule has 1 N–H and O–H groups in total. The van der Waals surface area contributed by atoms with Crippen LogP contribution in [0, 0.1) is 0 Å². The molecule has 0 unspecified atom stereocenters. The molecule has 22 heavy (non-hydrogen) atoms. The standard InChI is InChI=1S/C16H21NO3S2/c1-10(2)17-14(18)11(3)20-15(19)12-4-6-13(7-5-12)16-21-8-9-22-16/h4-7,10-11,16H,8-9H2,1-3H3,(H,17,18)/t11-/m0/s1. The Bertz CT molecular complexity index is 525. The average molecular weight is 339 g/mol. The molecule has 1 aromatic rings. The van der Waals surface area contributed by atoms with E-state index in [1.54, 1.807) is 19.1 Å². The molecule has 1 atom stereocenters. The summed E-state index contributed by atoms with van der Waals surface area (Å²) in [7, 11) is 0. The van der Waals surface area contributed by atoms with Gasteiger partial charge in [-0.05, 0) is 38.5 Å². The second-order valence-electron chi connectivity index (χ2n) is 5.41. The molecule has 0 spiro atoms. The van der Waals surface area contributed by atoms with Crippen LogP contribution in [0.2, 0.25) is 0 Å². The van der Waals surface area contributed by atoms with Crippen LogP contribution in [0.4, 0.5) is 0 Å². The Kier molecular flexibility index (Phi) is 6.20. The summed E-state index contributed by atoms with van der Waals surface area (Å²) in [5, 5.41) is 2.72. The summed E-state index contributed by atoms with van der Waals surface area (Å²) in [5.41, 5.74) is 1.69. The fraction of sp³-hybridized carbons (Fsp3) is 0.500. The summed E-state index contributed by atoms with van der Waals surface area (Å²) >= 11 is 3.85. The van der Waals surface area contributed by atoms with Crippen LogP contribution in [0.5, 0.6) is 0 Å². The highest BCUT2D eigenvalue weighted by atomic mass is 32.2. The molecular weight excluding hydrogens is 318 g/mol. The van der Waals surface area contributed by atoms with Gasteiger partial charge in [-0.15, -0.1) is 23.5 Å². The van der Waals surface area contributed by atoms with Crippen LogP contribution in [-0.4, -0.2) is 35.5 Å². The van der Waals surface area contributed by atoms with Crippen molar-refractivity contribution in [3.8, 4) is 0 Å². The van der Waals surface area contributed by atoms with Crippen molar-refractivity contribution < 1.29 is 14.3 Å². The summed E-state index contributed by atoms with van der Waals surface area (Å²) in [4.78, 5) is 23.8. The predicted octanol–water partition coefficient (Wildman–Crippen LogP) is 3.24. The highest BCUT2D eigenvalue weighted by Crippen LogP contribution is 2.45. The zero-order valence-electron chi connectivity index (χ0n) is 13.0. The van der Waals surface area contributed by atoms with Gasteiger partial charge >= 0.3 is 5.97 Å². The third-order valence-corrected chi connectivity index (χ3v) is 6.23. The molecule has 1 aliphatic rings. The van der Waals surface area contributed by atoms with Crippen molar-refractivity contribution >= 4 is 35.4 Å². The van der Waals surface area contributed by atoms with Crippen molar-refractivity contribution in [3.05, 3.63) is 35.4 Å². The second-order valence-corrected chi connectivity index (χ2v) is 8.13. The van der Waals surface area contributed by atoms with Crippen LogP contribution in [0.25, 0.3) is 0 Å². The lowest BCUT2D eigenvalue weighted by Crippen LogP contribution is -2.39. The number of hydrogen-bond donors (Lipinski definition) is 1. The zero-order valence-corrected chi connectivity index (χ0v) is 14.6. The molecule has 1 saturated heterocycles. The topological polar surface area (TPSA) is 55.4 Å². The third-order valence-electron chi connectivity index (χ3n) is 3.12. The number of amides is 1. The minimum Gasteiger partial charge on any atom is -0.449 e. The summed E-state index contributed by atoms with van der Waals surface area (Å²) < 4.78 is 5.66. The first-order chi connectivity index (χ1) is 10.5. The number of ether oxygens (including phenoxy) is 1. The number of carbonyl (C=O) groups is 2. The predicted molar refractivity (Wildman–Crippen MR) is 92.3 cm³/mol. The summed E-state index contributed by atoms with van der Waals surface area (Å²) in [6.45, 7) is 5.31. The lowest BCUT2D eigenvalue weighted by molar-refractivity contribution is -0.129. The number of benzene rings is 1. The molecule has 0 saturated carbocycles. The molecule has 1 amide bonds. The number of rotatable bonds is 5. The molecule has 0 aliphatic carbocycles. The van der Waals surface area contributed by atoms with Crippen LogP contribution >= 0.6 is 23.5 Å². The van der Waals surface area contributed by atoms with Crippen molar-refractivity contribution in [1.82, 2.24) is 5.32 Å². The summed E-state index contributed by atoms with van der Waals surface area (Å²) in [6, 6.07) is 7.49. The number of hydrogen-bond acceptors (Lipinski definition) is 5. The van der Waals surface area contributed by atoms with Crippen LogP contribution in [-0.2, 0) is 9.53 Å². The van der Waals surface area contributed by atoms with E-state index in [0.29, 0.717) is 10.1 Å². The van der Waals surface area contributed by atoms with E-state index < -0.39 is 12.1 Å². The molecule has 0 bridgehead atoms. The number of nitrogens with one attached hydrogen (secondary N) is 1. The van der Waals surface area contributed by atoms with E-state index in [1.165, 1.54) is 17.1 Å². The van der Waals surface area contributed by atoms with Crippen molar-refractivity contribution in [3.63, 3.8) is 0 Å². The van der Waals surface area contributed by atoms with Crippen LogP contribution < -0.4 is 5.32 Å². The fourth-order valence-electron chi connectivity index (χ4n) is 2.01. The molecule has 1 aliphatic heterocycles. The molecule has 2 rings (SSSR count). The SMILES string of the molecule is CC(C)NC(=O)[C@H](C)OC(=O)c1ccc(C2SCCS2)cc1. The smallest absolute Gasteiger partial charge is 0.338 e. The Morgan fingerprint density at radius 2 is 1.73 bits per heavy atom. The lowest BCUT2D eigenvalue weighted by atomic mass is 10.1. The maximum Gasteiger partial charge on any atom is 0.338 e.